The summed E-state index contributed by atoms with van der Waals surface area (Å²) in [6.45, 7) is 3.25. The van der Waals surface area contributed by atoms with Crippen LogP contribution in [0.2, 0.25) is 0 Å². The highest BCUT2D eigenvalue weighted by molar-refractivity contribution is 5.74. The first kappa shape index (κ1) is 26.2. The maximum atomic E-state index is 15.6. The smallest absolute Gasteiger partial charge is 0.307 e. The van der Waals surface area contributed by atoms with Crippen LogP contribution in [0.1, 0.15) is 67.0 Å². The Bertz CT molecular complexity index is 1300. The Morgan fingerprint density at radius 2 is 2.03 bits per heavy atom. The van der Waals surface area contributed by atoms with Crippen LogP contribution in [0.3, 0.4) is 0 Å². The van der Waals surface area contributed by atoms with E-state index in [1.54, 1.807) is 25.1 Å². The van der Waals surface area contributed by atoms with Crippen LogP contribution in [0.4, 0.5) is 10.1 Å². The molecule has 0 amide bonds. The minimum absolute atomic E-state index is 0.112. The van der Waals surface area contributed by atoms with Crippen molar-refractivity contribution in [3.8, 4) is 16.9 Å². The zero-order valence-corrected chi connectivity index (χ0v) is 21.7. The van der Waals surface area contributed by atoms with Gasteiger partial charge in [-0.1, -0.05) is 36.4 Å². The van der Waals surface area contributed by atoms with Crippen molar-refractivity contribution in [3.05, 3.63) is 82.7 Å². The molecule has 1 aliphatic carbocycles. The molecular formula is C31H35FN2O4. The molecule has 1 saturated heterocycles. The molecule has 1 heterocycles. The highest BCUT2D eigenvalue weighted by Gasteiger charge is 2.27. The second-order valence-electron chi connectivity index (χ2n) is 10.3. The van der Waals surface area contributed by atoms with E-state index in [1.165, 1.54) is 0 Å². The van der Waals surface area contributed by atoms with E-state index in [9.17, 15) is 9.90 Å². The molecule has 4 N–H and O–H groups in total. The van der Waals surface area contributed by atoms with E-state index in [4.69, 9.17) is 15.2 Å². The van der Waals surface area contributed by atoms with Crippen molar-refractivity contribution in [3.63, 3.8) is 0 Å². The molecule has 0 bridgehead atoms. The molecule has 3 aromatic carbocycles. The van der Waals surface area contributed by atoms with Crippen LogP contribution in [0.15, 0.2) is 54.6 Å². The molecule has 38 heavy (non-hydrogen) atoms. The molecule has 0 spiro atoms. The molecule has 1 fully saturated rings. The van der Waals surface area contributed by atoms with E-state index in [0.717, 1.165) is 61.1 Å². The largest absolute Gasteiger partial charge is 0.485 e. The second-order valence-corrected chi connectivity index (χ2v) is 10.3. The highest BCUT2D eigenvalue weighted by Crippen LogP contribution is 2.42. The predicted molar refractivity (Wildman–Crippen MR) is 146 cm³/mol. The summed E-state index contributed by atoms with van der Waals surface area (Å²) in [5.41, 5.74) is 11.5. The maximum absolute atomic E-state index is 15.6. The number of carboxylic acids is 1. The normalized spacial score (nSPS) is 19.6. The Balaban J connectivity index is 1.56. The molecule has 7 heteroatoms. The lowest BCUT2D eigenvalue weighted by Crippen LogP contribution is -2.22. The average molecular weight is 519 g/mol. The fourth-order valence-corrected chi connectivity index (χ4v) is 5.55. The summed E-state index contributed by atoms with van der Waals surface area (Å²) in [5, 5.41) is 13.0. The SMILES string of the molecule is C[C@@H](N)c1cccc(-c2cc(NCC3CCCO3)c3c(c2)C(Oc2ccccc2CC(=O)O)CCC3)c1F. The standard InChI is InChI=1S/C31H35FN2O4/c1-19(33)23-9-4-10-24(31(23)32)21-15-26-25(27(16-21)34-18-22-8-6-14-37-22)11-5-13-29(26)38-28-12-3-2-7-20(28)17-30(35)36/h2-4,7,9-10,12,15-16,19,22,29,34H,5-6,8,11,13-14,17-18,33H2,1H3,(H,35,36)/t19-,22?,29?/m1/s1. The van der Waals surface area contributed by atoms with Crippen molar-refractivity contribution < 1.29 is 23.8 Å². The van der Waals surface area contributed by atoms with E-state index in [2.05, 4.69) is 5.32 Å². The number of fused-ring (bicyclic) bond motifs is 1. The molecule has 5 rings (SSSR count). The van der Waals surface area contributed by atoms with Gasteiger partial charge in [-0.2, -0.15) is 0 Å². The first-order valence-corrected chi connectivity index (χ1v) is 13.4. The maximum Gasteiger partial charge on any atom is 0.307 e. The molecule has 0 saturated carbocycles. The quantitative estimate of drug-likeness (QED) is 0.313. The molecule has 3 atom stereocenters. The van der Waals surface area contributed by atoms with Crippen molar-refractivity contribution in [1.29, 1.82) is 0 Å². The Kier molecular flexibility index (Phi) is 7.95. The lowest BCUT2D eigenvalue weighted by molar-refractivity contribution is -0.136. The summed E-state index contributed by atoms with van der Waals surface area (Å²) >= 11 is 0. The predicted octanol–water partition coefficient (Wildman–Crippen LogP) is 6.19. The van der Waals surface area contributed by atoms with Gasteiger partial charge >= 0.3 is 5.97 Å². The van der Waals surface area contributed by atoms with Gasteiger partial charge in [-0.15, -0.1) is 0 Å². The van der Waals surface area contributed by atoms with E-state index < -0.39 is 12.0 Å². The minimum Gasteiger partial charge on any atom is -0.485 e. The number of nitrogens with one attached hydrogen (secondary N) is 1. The zero-order valence-electron chi connectivity index (χ0n) is 21.7. The van der Waals surface area contributed by atoms with E-state index in [1.807, 2.05) is 36.4 Å². The Morgan fingerprint density at radius 1 is 1.18 bits per heavy atom. The number of ether oxygens (including phenoxy) is 2. The molecule has 3 aromatic rings. The summed E-state index contributed by atoms with van der Waals surface area (Å²) in [7, 11) is 0. The topological polar surface area (TPSA) is 93.8 Å². The van der Waals surface area contributed by atoms with Gasteiger partial charge in [0.25, 0.3) is 0 Å². The molecule has 200 valence electrons. The average Bonchev–Trinajstić information content (AvgIpc) is 3.42. The number of hydrogen-bond acceptors (Lipinski definition) is 5. The van der Waals surface area contributed by atoms with E-state index in [-0.39, 0.29) is 24.4 Å². The van der Waals surface area contributed by atoms with Crippen LogP contribution in [-0.4, -0.2) is 30.3 Å². The van der Waals surface area contributed by atoms with Crippen molar-refractivity contribution in [1.82, 2.24) is 0 Å². The van der Waals surface area contributed by atoms with Crippen LogP contribution < -0.4 is 15.8 Å². The molecule has 6 nitrogen and oxygen atoms in total. The molecule has 1 aliphatic heterocycles. The number of benzene rings is 3. The molecular weight excluding hydrogens is 483 g/mol. The number of anilines is 1. The van der Waals surface area contributed by atoms with Crippen molar-refractivity contribution in [2.45, 2.75) is 63.7 Å². The summed E-state index contributed by atoms with van der Waals surface area (Å²) in [6, 6.07) is 16.3. The van der Waals surface area contributed by atoms with Crippen LogP contribution in [0.5, 0.6) is 5.75 Å². The number of carbonyl (C=O) groups is 1. The lowest BCUT2D eigenvalue weighted by atomic mass is 9.85. The Labute approximate surface area is 223 Å². The monoisotopic (exact) mass is 518 g/mol. The lowest BCUT2D eigenvalue weighted by Gasteiger charge is -2.30. The van der Waals surface area contributed by atoms with Gasteiger partial charge in [0.05, 0.1) is 12.5 Å². The van der Waals surface area contributed by atoms with Gasteiger partial charge in [0, 0.05) is 41.6 Å². The first-order valence-electron chi connectivity index (χ1n) is 13.4. The number of nitrogens with two attached hydrogens (primary N) is 1. The van der Waals surface area contributed by atoms with Crippen molar-refractivity contribution in [2.24, 2.45) is 5.73 Å². The van der Waals surface area contributed by atoms with Gasteiger partial charge in [-0.05, 0) is 73.9 Å². The number of rotatable bonds is 9. The Morgan fingerprint density at radius 3 is 2.79 bits per heavy atom. The van der Waals surface area contributed by atoms with Crippen molar-refractivity contribution >= 4 is 11.7 Å². The summed E-state index contributed by atoms with van der Waals surface area (Å²) < 4.78 is 27.9. The van der Waals surface area contributed by atoms with Gasteiger partial charge in [-0.3, -0.25) is 4.79 Å². The first-order chi connectivity index (χ1) is 18.4. The fraction of sp³-hybridized carbons (Fsp3) is 0.387. The third kappa shape index (κ3) is 5.69. The fourth-order valence-electron chi connectivity index (χ4n) is 5.55. The summed E-state index contributed by atoms with van der Waals surface area (Å²) in [4.78, 5) is 11.4. The van der Waals surface area contributed by atoms with Crippen molar-refractivity contribution in [2.75, 3.05) is 18.5 Å². The van der Waals surface area contributed by atoms with E-state index in [0.29, 0.717) is 29.0 Å². The summed E-state index contributed by atoms with van der Waals surface area (Å²) in [6.07, 6.45) is 4.44. The number of hydrogen-bond donors (Lipinski definition) is 3. The molecule has 2 aliphatic rings. The molecule has 0 aromatic heterocycles. The van der Waals surface area contributed by atoms with Gasteiger partial charge in [-0.25, -0.2) is 4.39 Å². The number of para-hydroxylation sites is 1. The summed E-state index contributed by atoms with van der Waals surface area (Å²) in [5.74, 6) is -0.651. The highest BCUT2D eigenvalue weighted by atomic mass is 19.1. The van der Waals surface area contributed by atoms with Gasteiger partial charge in [0.1, 0.15) is 17.7 Å². The molecule has 0 radical (unpaired) electrons. The van der Waals surface area contributed by atoms with Crippen LogP contribution in [0.25, 0.3) is 11.1 Å². The Hall–Kier alpha value is -3.42. The van der Waals surface area contributed by atoms with Crippen LogP contribution in [0, 0.1) is 5.82 Å². The van der Waals surface area contributed by atoms with Gasteiger partial charge in [0.2, 0.25) is 0 Å². The third-order valence-corrected chi connectivity index (χ3v) is 7.48. The number of carboxylic acid groups (broad SMARTS) is 1. The van der Waals surface area contributed by atoms with Crippen LogP contribution >= 0.6 is 0 Å². The zero-order chi connectivity index (χ0) is 26.6. The van der Waals surface area contributed by atoms with Crippen LogP contribution in [-0.2, 0) is 22.4 Å². The second kappa shape index (κ2) is 11.5. The van der Waals surface area contributed by atoms with Gasteiger partial charge in [0.15, 0.2) is 0 Å². The van der Waals surface area contributed by atoms with Gasteiger partial charge < -0.3 is 25.6 Å². The molecule has 2 unspecified atom stereocenters. The number of aliphatic carboxylic acids is 1. The minimum atomic E-state index is -0.905. The number of halogens is 1. The third-order valence-electron chi connectivity index (χ3n) is 7.48. The van der Waals surface area contributed by atoms with E-state index >= 15 is 4.39 Å².